The molecule has 3 saturated heterocycles. The summed E-state index contributed by atoms with van der Waals surface area (Å²) in [4.78, 5) is 15.3. The van der Waals surface area contributed by atoms with Crippen LogP contribution in [0, 0.1) is 11.2 Å². The molecule has 3 fully saturated rings. The number of ether oxygens (including phenoxy) is 2. The Bertz CT molecular complexity index is 840. The Morgan fingerprint density at radius 1 is 1.38 bits per heavy atom. The molecule has 0 aliphatic carbocycles. The number of benzene rings is 1. The predicted molar refractivity (Wildman–Crippen MR) is 94.4 cm³/mol. The van der Waals surface area contributed by atoms with Gasteiger partial charge in [-0.25, -0.2) is 22.3 Å². The molecule has 3 aliphatic rings. The summed E-state index contributed by atoms with van der Waals surface area (Å²) < 4.78 is 49.5. The van der Waals surface area contributed by atoms with Gasteiger partial charge in [0.2, 0.25) is 10.0 Å². The maximum absolute atomic E-state index is 14.5. The Balaban J connectivity index is 0.00000210. The molecule has 0 saturated carbocycles. The Morgan fingerprint density at radius 3 is 2.69 bits per heavy atom. The third-order valence-electron chi connectivity index (χ3n) is 4.90. The molecule has 1 aromatic carbocycles. The van der Waals surface area contributed by atoms with Crippen LogP contribution >= 0.6 is 0 Å². The zero-order valence-electron chi connectivity index (χ0n) is 14.3. The largest absolute Gasteiger partial charge is 0.443 e. The fraction of sp³-hybridized carbons (Fsp3) is 0.562. The normalized spacial score (nSPS) is 24.4. The number of nitrogens with one attached hydrogen (secondary N) is 1. The molecule has 1 spiro atoms. The van der Waals surface area contributed by atoms with E-state index in [0.29, 0.717) is 11.4 Å². The Labute approximate surface area is 152 Å². The molecule has 3 heterocycles. The molecular weight excluding hydrogens is 365 g/mol. The number of sulfonamides is 1. The number of carbonyl (C=O) groups is 1. The molecule has 26 heavy (non-hydrogen) atoms. The molecular formula is C16H22FN3O5S. The van der Waals surface area contributed by atoms with Crippen LogP contribution in [0.4, 0.5) is 20.6 Å². The van der Waals surface area contributed by atoms with Crippen LogP contribution in [0.2, 0.25) is 0 Å². The predicted octanol–water partition coefficient (Wildman–Crippen LogP) is 0.783. The highest BCUT2D eigenvalue weighted by Gasteiger charge is 2.49. The number of amides is 1. The van der Waals surface area contributed by atoms with E-state index >= 15 is 0 Å². The van der Waals surface area contributed by atoms with Gasteiger partial charge in [0.25, 0.3) is 0 Å². The van der Waals surface area contributed by atoms with Crippen LogP contribution < -0.4 is 14.5 Å². The molecule has 1 N–H and O–H groups in total. The van der Waals surface area contributed by atoms with Gasteiger partial charge in [-0.2, -0.15) is 0 Å². The summed E-state index contributed by atoms with van der Waals surface area (Å²) in [6.45, 7) is 3.14. The second kappa shape index (κ2) is 6.07. The second-order valence-corrected chi connectivity index (χ2v) is 9.05. The fourth-order valence-corrected chi connectivity index (χ4v) is 4.00. The van der Waals surface area contributed by atoms with Crippen LogP contribution in [0.25, 0.3) is 0 Å². The van der Waals surface area contributed by atoms with Crippen LogP contribution in [0.15, 0.2) is 18.2 Å². The number of rotatable bonds is 5. The van der Waals surface area contributed by atoms with E-state index in [-0.39, 0.29) is 19.9 Å². The van der Waals surface area contributed by atoms with Crippen LogP contribution in [-0.4, -0.2) is 66.3 Å². The molecule has 3 aliphatic heterocycles. The van der Waals surface area contributed by atoms with Crippen molar-refractivity contribution in [2.24, 2.45) is 5.41 Å². The van der Waals surface area contributed by atoms with E-state index in [1.807, 2.05) is 4.90 Å². The molecule has 1 atom stereocenters. The lowest BCUT2D eigenvalue weighted by atomic mass is 9.78. The number of nitrogens with zero attached hydrogens (tertiary/aromatic N) is 2. The summed E-state index contributed by atoms with van der Waals surface area (Å²) in [5.74, 6) is -0.400. The Kier molecular flexibility index (Phi) is 4.08. The van der Waals surface area contributed by atoms with Crippen molar-refractivity contribution in [3.05, 3.63) is 24.0 Å². The van der Waals surface area contributed by atoms with Gasteiger partial charge in [-0.3, -0.25) is 4.90 Å². The molecule has 1 aromatic rings. The van der Waals surface area contributed by atoms with Crippen molar-refractivity contribution >= 4 is 27.5 Å². The third kappa shape index (κ3) is 3.24. The summed E-state index contributed by atoms with van der Waals surface area (Å²) >= 11 is 0. The molecule has 144 valence electrons. The number of halogens is 1. The highest BCUT2D eigenvalue weighted by molar-refractivity contribution is 7.88. The number of anilines is 2. The number of cyclic esters (lactones) is 1. The standard InChI is InChI=1S/C16H20FN3O5S.H2/c1-26(22,23)18-5-12-6-20(15(21)25-12)11-2-3-14(13(17)4-11)19-7-16(8-19)9-24-10-16;/h2-4,12,18H,5-10H2,1H3;1H/t12-;/m0./s1. The number of carbonyl (C=O) groups excluding carboxylic acids is 1. The second-order valence-electron chi connectivity index (χ2n) is 7.22. The van der Waals surface area contributed by atoms with Gasteiger partial charge in [0.1, 0.15) is 11.9 Å². The Hall–Kier alpha value is -1.91. The first-order valence-corrected chi connectivity index (χ1v) is 10.2. The molecule has 4 rings (SSSR count). The average molecular weight is 387 g/mol. The van der Waals surface area contributed by atoms with Gasteiger partial charge < -0.3 is 14.4 Å². The molecule has 10 heteroatoms. The van der Waals surface area contributed by atoms with Gasteiger partial charge in [-0.05, 0) is 18.2 Å². The molecule has 0 bridgehead atoms. The van der Waals surface area contributed by atoms with Crippen molar-refractivity contribution in [1.82, 2.24) is 4.72 Å². The minimum Gasteiger partial charge on any atom is -0.443 e. The number of hydrogen-bond donors (Lipinski definition) is 1. The fourth-order valence-electron chi connectivity index (χ4n) is 3.51. The molecule has 0 radical (unpaired) electrons. The molecule has 0 aromatic heterocycles. The smallest absolute Gasteiger partial charge is 0.414 e. The highest BCUT2D eigenvalue weighted by Crippen LogP contribution is 2.41. The maximum atomic E-state index is 14.5. The van der Waals surface area contributed by atoms with Gasteiger partial charge in [0.05, 0.1) is 42.8 Å². The van der Waals surface area contributed by atoms with E-state index in [2.05, 4.69) is 4.72 Å². The van der Waals surface area contributed by atoms with Crippen molar-refractivity contribution in [2.45, 2.75) is 6.10 Å². The summed E-state index contributed by atoms with van der Waals surface area (Å²) in [6, 6.07) is 4.64. The lowest BCUT2D eigenvalue weighted by Crippen LogP contribution is -2.66. The summed E-state index contributed by atoms with van der Waals surface area (Å²) in [7, 11) is -3.37. The lowest BCUT2D eigenvalue weighted by Gasteiger charge is -2.56. The minimum atomic E-state index is -3.37. The van der Waals surface area contributed by atoms with Gasteiger partial charge in [0.15, 0.2) is 0 Å². The van der Waals surface area contributed by atoms with E-state index in [9.17, 15) is 17.6 Å². The zero-order chi connectivity index (χ0) is 18.5. The van der Waals surface area contributed by atoms with E-state index in [0.717, 1.165) is 32.6 Å². The quantitative estimate of drug-likeness (QED) is 0.804. The summed E-state index contributed by atoms with van der Waals surface area (Å²) in [5.41, 5.74) is 1.08. The Morgan fingerprint density at radius 2 is 2.12 bits per heavy atom. The van der Waals surface area contributed by atoms with Crippen molar-refractivity contribution in [1.29, 1.82) is 0 Å². The van der Waals surface area contributed by atoms with Crippen molar-refractivity contribution in [3.8, 4) is 0 Å². The van der Waals surface area contributed by atoms with Crippen molar-refractivity contribution < 1.29 is 28.5 Å². The van der Waals surface area contributed by atoms with Crippen LogP contribution in [0.3, 0.4) is 0 Å². The highest BCUT2D eigenvalue weighted by atomic mass is 32.2. The van der Waals surface area contributed by atoms with E-state index in [1.165, 1.54) is 11.0 Å². The van der Waals surface area contributed by atoms with Crippen molar-refractivity contribution in [3.63, 3.8) is 0 Å². The van der Waals surface area contributed by atoms with Gasteiger partial charge in [-0.15, -0.1) is 0 Å². The maximum Gasteiger partial charge on any atom is 0.414 e. The molecule has 1 amide bonds. The van der Waals surface area contributed by atoms with Gasteiger partial charge in [-0.1, -0.05) is 0 Å². The molecule has 0 unspecified atom stereocenters. The zero-order valence-corrected chi connectivity index (χ0v) is 15.1. The SMILES string of the molecule is CS(=O)(=O)NC[C@H]1CN(c2ccc(N3CC4(COC4)C3)c(F)c2)C(=O)O1.[HH]. The first-order valence-electron chi connectivity index (χ1n) is 8.30. The first kappa shape index (κ1) is 17.5. The lowest BCUT2D eigenvalue weighted by molar-refractivity contribution is -0.127. The topological polar surface area (TPSA) is 88.2 Å². The average Bonchev–Trinajstić information content (AvgIpc) is 2.84. The van der Waals surface area contributed by atoms with E-state index in [1.54, 1.807) is 12.1 Å². The van der Waals surface area contributed by atoms with Crippen molar-refractivity contribution in [2.75, 3.05) is 55.4 Å². The minimum absolute atomic E-state index is 0. The third-order valence-corrected chi connectivity index (χ3v) is 5.59. The van der Waals surface area contributed by atoms with Gasteiger partial charge in [0, 0.05) is 21.1 Å². The number of hydrogen-bond acceptors (Lipinski definition) is 6. The first-order chi connectivity index (χ1) is 12.2. The summed E-state index contributed by atoms with van der Waals surface area (Å²) in [6.07, 6.45) is -0.202. The van der Waals surface area contributed by atoms with Gasteiger partial charge >= 0.3 is 6.09 Å². The monoisotopic (exact) mass is 387 g/mol. The van der Waals surface area contributed by atoms with Crippen LogP contribution in [-0.2, 0) is 19.5 Å². The van der Waals surface area contributed by atoms with E-state index in [4.69, 9.17) is 9.47 Å². The van der Waals surface area contributed by atoms with E-state index < -0.39 is 28.0 Å². The summed E-state index contributed by atoms with van der Waals surface area (Å²) in [5, 5.41) is 0. The van der Waals surface area contributed by atoms with Crippen LogP contribution in [0.5, 0.6) is 0 Å². The van der Waals surface area contributed by atoms with Crippen LogP contribution in [0.1, 0.15) is 1.43 Å². The molecule has 8 nitrogen and oxygen atoms in total.